The Morgan fingerprint density at radius 1 is 0.411 bits per heavy atom. The summed E-state index contributed by atoms with van der Waals surface area (Å²) >= 11 is 0. The Kier molecular flexibility index (Phi) is 32.9. The van der Waals surface area contributed by atoms with Crippen LogP contribution in [-0.2, 0) is 77.7 Å². The number of oxime groups is 2. The molecule has 41 nitrogen and oxygen atoms in total. The molecule has 27 N–H and O–H groups in total. The monoisotopic (exact) mass is 1850 g/mol. The summed E-state index contributed by atoms with van der Waals surface area (Å²) in [7, 11) is -17.1. The number of rotatable bonds is 35. The molecule has 4 amide bonds. The lowest BCUT2D eigenvalue weighted by Gasteiger charge is -2.20. The number of amidine groups is 4. The molecule has 0 aliphatic heterocycles. The fourth-order valence-electron chi connectivity index (χ4n) is 13.0. The van der Waals surface area contributed by atoms with Crippen LogP contribution in [0.2, 0.25) is 0 Å². The highest BCUT2D eigenvalue weighted by Crippen LogP contribution is 2.39. The van der Waals surface area contributed by atoms with Crippen molar-refractivity contribution in [3.05, 3.63) is 243 Å². The van der Waals surface area contributed by atoms with E-state index in [0.29, 0.717) is 134 Å². The third-order valence-electron chi connectivity index (χ3n) is 18.9. The van der Waals surface area contributed by atoms with Crippen molar-refractivity contribution in [3.8, 4) is 17.2 Å². The maximum absolute atomic E-state index is 13.0. The number of nitrogens with two attached hydrogens (primary N) is 8. The van der Waals surface area contributed by atoms with Gasteiger partial charge in [-0.2, -0.15) is 33.7 Å². The van der Waals surface area contributed by atoms with Crippen molar-refractivity contribution >= 4 is 154 Å². The molecule has 45 heteroatoms. The zero-order valence-electron chi connectivity index (χ0n) is 71.2. The fourth-order valence-corrected chi connectivity index (χ4v) is 14.6. The van der Waals surface area contributed by atoms with Crippen LogP contribution < -0.4 is 97.9 Å². The van der Waals surface area contributed by atoms with E-state index in [4.69, 9.17) is 96.2 Å². The average Bonchev–Trinajstić information content (AvgIpc) is 1.68. The van der Waals surface area contributed by atoms with Crippen LogP contribution in [0.5, 0.6) is 17.2 Å². The number of fused-ring (bicyclic) bond motifs is 4. The predicted octanol–water partition coefficient (Wildman–Crippen LogP) is 8.58. The first-order valence-corrected chi connectivity index (χ1v) is 45.6. The second kappa shape index (κ2) is 43.1. The van der Waals surface area contributed by atoms with Crippen molar-refractivity contribution in [2.75, 3.05) is 47.7 Å². The van der Waals surface area contributed by atoms with Gasteiger partial charge >= 0.3 is 0 Å². The minimum Gasteiger partial charge on any atom is -0.490 e. The van der Waals surface area contributed by atoms with Crippen LogP contribution in [0.3, 0.4) is 0 Å². The van der Waals surface area contributed by atoms with E-state index in [1.54, 1.807) is 181 Å². The molecule has 129 heavy (non-hydrogen) atoms. The molecule has 2 unspecified atom stereocenters. The SMILES string of the molecule is CCCc1cc2cc(C(Nc3ccc(C(N)=NOCC)cc3)C(=O)NS(N)(=O)=O)cc(OCC)c2o1.CCOc1cc([C@@H](Nc2ccc(C(=N)N)cc2)C(=O)NS(N)(=O)=O)cc2c(C)coc12.CCOc1cc([C@H](Nc2ccc(C(=N)N)cc2)C(=O)NS(N)(=O)=O)cc2c(C)coc12.CCc1cc(C(Nc2ccc(C(N)=NO)cc2)C(=O)NS(N)(=O)=O)cc2c(C)coc12. The van der Waals surface area contributed by atoms with Gasteiger partial charge in [-0.05, 0) is 257 Å². The van der Waals surface area contributed by atoms with E-state index in [2.05, 4.69) is 31.6 Å². The molecular formula is C84H100N20O21S4. The summed E-state index contributed by atoms with van der Waals surface area (Å²) in [6.45, 7) is 18.3. The number of carbonyl (C=O) groups is 4. The van der Waals surface area contributed by atoms with Gasteiger partial charge in [0.05, 0.1) is 38.6 Å². The molecule has 686 valence electrons. The Hall–Kier alpha value is -14.5. The Morgan fingerprint density at radius 3 is 1.03 bits per heavy atom. The number of hydrogen-bond donors (Lipinski definition) is 19. The van der Waals surface area contributed by atoms with Gasteiger partial charge in [0, 0.05) is 73.0 Å². The van der Waals surface area contributed by atoms with Gasteiger partial charge in [0.25, 0.3) is 64.5 Å². The highest BCUT2D eigenvalue weighted by atomic mass is 32.2. The third kappa shape index (κ3) is 27.0. The molecule has 12 aromatic rings. The minimum absolute atomic E-state index is 0.0662. The average molecular weight is 1850 g/mol. The first-order chi connectivity index (χ1) is 60.9. The van der Waals surface area contributed by atoms with Crippen molar-refractivity contribution in [2.45, 2.75) is 106 Å². The van der Waals surface area contributed by atoms with Crippen LogP contribution in [0.15, 0.2) is 198 Å². The van der Waals surface area contributed by atoms with Gasteiger partial charge in [0.15, 0.2) is 45.7 Å². The summed E-state index contributed by atoms with van der Waals surface area (Å²) in [6, 6.07) is 37.1. The van der Waals surface area contributed by atoms with Crippen molar-refractivity contribution in [1.82, 2.24) is 18.9 Å². The first-order valence-electron chi connectivity index (χ1n) is 39.4. The molecule has 0 fully saturated rings. The summed E-state index contributed by atoms with van der Waals surface area (Å²) < 4.78 is 139. The van der Waals surface area contributed by atoms with Crippen LogP contribution in [0.4, 0.5) is 22.7 Å². The number of benzene rings is 8. The van der Waals surface area contributed by atoms with E-state index in [1.165, 1.54) is 0 Å². The summed E-state index contributed by atoms with van der Waals surface area (Å²) in [5, 5.41) is 65.7. The standard InChI is InChI=1S/C24H31N5O6S.3C20H23N5O5S/c1-4-7-19-13-17-12-16(14-20(33-5-2)22(17)35-19)21(24(30)29-36(26,31)32)27-18-10-8-15(9-11-18)23(25)28-34-6-3;2*1-3-29-16-9-13(8-15-11(2)10-30-18(15)16)17(20(26)25-31(23,27)28)24-14-6-4-12(5-7-14)19(21)22;1-3-12-8-14(9-16-11(2)10-30-18(12)16)17(20(26)25-31(22,28)29)23-15-6-4-13(5-7-15)19(21)24-27/h8-14,21,27H,4-7H2,1-3H3,(H2,25,28)(H,29,30)(H2,26,31,32);2*4-10,17,24H,3H2,1-2H3,(H3,21,22)(H,25,26)(H2,23,27,28);4-10,17,23,27H,3H2,1-2H3,(H2,21,24)(H,25,26)(H2,22,28,29)/t;2*17-;/m.10./s1. The summed E-state index contributed by atoms with van der Waals surface area (Å²) in [5.41, 5.74) is 34.2. The molecule has 0 saturated heterocycles. The molecular weight excluding hydrogens is 1750 g/mol. The van der Waals surface area contributed by atoms with Crippen LogP contribution in [0.1, 0.15) is 145 Å². The number of carbonyl (C=O) groups excluding carboxylic acids is 4. The van der Waals surface area contributed by atoms with Crippen LogP contribution in [0, 0.1) is 31.6 Å². The molecule has 0 saturated carbocycles. The number of furan rings is 4. The number of amides is 4. The third-order valence-corrected chi connectivity index (χ3v) is 20.8. The van der Waals surface area contributed by atoms with Crippen LogP contribution in [-0.4, -0.2) is 112 Å². The summed E-state index contributed by atoms with van der Waals surface area (Å²) in [4.78, 5) is 56.4. The molecule has 0 spiro atoms. The lowest BCUT2D eigenvalue weighted by Crippen LogP contribution is -2.41. The highest BCUT2D eigenvalue weighted by Gasteiger charge is 2.32. The number of ether oxygens (including phenoxy) is 3. The normalized spacial score (nSPS) is 12.7. The number of hydrogen-bond acceptors (Lipinski definition) is 29. The van der Waals surface area contributed by atoms with E-state index in [-0.39, 0.29) is 23.3 Å². The molecule has 0 aliphatic carbocycles. The maximum Gasteiger partial charge on any atom is 0.298 e. The van der Waals surface area contributed by atoms with Gasteiger partial charge in [-0.1, -0.05) is 24.2 Å². The maximum atomic E-state index is 13.0. The van der Waals surface area contributed by atoms with E-state index in [1.807, 2.05) is 70.9 Å². The van der Waals surface area contributed by atoms with Gasteiger partial charge in [0.1, 0.15) is 53.8 Å². The number of aryl methyl sites for hydroxylation is 5. The molecule has 4 atom stereocenters. The molecule has 0 bridgehead atoms. The van der Waals surface area contributed by atoms with E-state index >= 15 is 0 Å². The number of nitrogens with zero attached hydrogens (tertiary/aromatic N) is 2. The van der Waals surface area contributed by atoms with Gasteiger partial charge in [0.2, 0.25) is 0 Å². The molecule has 4 aromatic heterocycles. The fraction of sp³-hybridized carbons (Fsp3) is 0.238. The van der Waals surface area contributed by atoms with E-state index in [9.17, 15) is 52.8 Å². The summed E-state index contributed by atoms with van der Waals surface area (Å²) in [6.07, 6.45) is 7.06. The number of nitrogens with one attached hydrogen (secondary N) is 10. The Labute approximate surface area is 742 Å². The van der Waals surface area contributed by atoms with Gasteiger partial charge in [-0.3, -0.25) is 30.0 Å². The number of nitrogen functional groups attached to an aromatic ring is 2. The largest absolute Gasteiger partial charge is 0.490 e. The second-order valence-corrected chi connectivity index (χ2v) is 33.7. The van der Waals surface area contributed by atoms with Crippen LogP contribution in [0.25, 0.3) is 43.9 Å². The lowest BCUT2D eigenvalue weighted by atomic mass is 9.98. The second-order valence-electron chi connectivity index (χ2n) is 28.5. The van der Waals surface area contributed by atoms with Gasteiger partial charge in [-0.25, -0.2) is 39.4 Å². The van der Waals surface area contributed by atoms with Crippen molar-refractivity contribution in [2.24, 2.45) is 53.8 Å². The van der Waals surface area contributed by atoms with Crippen molar-refractivity contribution in [1.29, 1.82) is 10.8 Å². The zero-order valence-corrected chi connectivity index (χ0v) is 74.4. The van der Waals surface area contributed by atoms with E-state index in [0.717, 1.165) is 68.0 Å². The Balaban J connectivity index is 0.000000194. The van der Waals surface area contributed by atoms with Gasteiger partial charge in [-0.15, -0.1) is 0 Å². The Morgan fingerprint density at radius 2 is 0.721 bits per heavy atom. The van der Waals surface area contributed by atoms with Crippen LogP contribution >= 0.6 is 0 Å². The highest BCUT2D eigenvalue weighted by molar-refractivity contribution is 7.88. The van der Waals surface area contributed by atoms with E-state index < -0.39 is 88.6 Å². The molecule has 4 heterocycles. The quantitative estimate of drug-likeness (QED) is 0.00765. The zero-order chi connectivity index (χ0) is 94.6. The Bertz CT molecular complexity index is 6450. The van der Waals surface area contributed by atoms with Crippen molar-refractivity contribution in [3.63, 3.8) is 0 Å². The molecule has 0 aliphatic rings. The van der Waals surface area contributed by atoms with Gasteiger partial charge < -0.3 is 86.1 Å². The van der Waals surface area contributed by atoms with Crippen molar-refractivity contribution < 1.29 is 94.8 Å². The smallest absolute Gasteiger partial charge is 0.298 e. The predicted molar refractivity (Wildman–Crippen MR) is 489 cm³/mol. The topological polar surface area (TPSA) is 691 Å². The molecule has 12 rings (SSSR count). The minimum atomic E-state index is -4.30. The summed E-state index contributed by atoms with van der Waals surface area (Å²) in [5.74, 6) is -1.45. The molecule has 0 radical (unpaired) electrons. The first kappa shape index (κ1) is 98.3. The molecule has 8 aromatic carbocycles. The lowest BCUT2D eigenvalue weighted by molar-refractivity contribution is -0.121. The number of anilines is 4.